The summed E-state index contributed by atoms with van der Waals surface area (Å²) >= 11 is 0. The summed E-state index contributed by atoms with van der Waals surface area (Å²) in [4.78, 5) is 25.9. The van der Waals surface area contributed by atoms with Gasteiger partial charge in [-0.05, 0) is 48.4 Å². The molecule has 1 saturated heterocycles. The van der Waals surface area contributed by atoms with Crippen LogP contribution in [0.15, 0.2) is 53.7 Å². The van der Waals surface area contributed by atoms with E-state index in [0.717, 1.165) is 34.2 Å². The summed E-state index contributed by atoms with van der Waals surface area (Å²) in [6, 6.07) is 11.9. The van der Waals surface area contributed by atoms with Crippen LogP contribution in [-0.2, 0) is 9.59 Å². The lowest BCUT2D eigenvalue weighted by atomic mass is 9.63. The van der Waals surface area contributed by atoms with Gasteiger partial charge in [0.1, 0.15) is 5.75 Å². The fraction of sp³-hybridized carbons (Fsp3) is 0.348. The predicted octanol–water partition coefficient (Wildman–Crippen LogP) is 3.77. The van der Waals surface area contributed by atoms with E-state index in [1.54, 1.807) is 6.21 Å². The minimum absolute atomic E-state index is 0.163. The molecule has 2 aromatic carbocycles. The maximum atomic E-state index is 13.0. The molecule has 1 saturated carbocycles. The number of carbonyl (C=O) groups is 2. The molecule has 5 heteroatoms. The highest BCUT2D eigenvalue weighted by Crippen LogP contribution is 2.49. The van der Waals surface area contributed by atoms with Crippen LogP contribution in [-0.4, -0.2) is 29.6 Å². The number of hydrogen-bond acceptors (Lipinski definition) is 4. The molecule has 2 amide bonds. The first kappa shape index (κ1) is 17.2. The first-order valence-electron chi connectivity index (χ1n) is 9.93. The molecule has 28 heavy (non-hydrogen) atoms. The van der Waals surface area contributed by atoms with E-state index in [9.17, 15) is 9.59 Å². The van der Waals surface area contributed by atoms with Gasteiger partial charge in [0.2, 0.25) is 0 Å². The highest BCUT2D eigenvalue weighted by atomic mass is 16.5. The number of hydrogen-bond donors (Lipinski definition) is 0. The molecule has 2 bridgehead atoms. The Kier molecular flexibility index (Phi) is 4.04. The van der Waals surface area contributed by atoms with E-state index >= 15 is 0 Å². The number of allylic oxidation sites excluding steroid dienone is 2. The number of fused-ring (bicyclic) bond motifs is 2. The van der Waals surface area contributed by atoms with Crippen molar-refractivity contribution < 1.29 is 14.3 Å². The Morgan fingerprint density at radius 2 is 1.71 bits per heavy atom. The number of imide groups is 1. The van der Waals surface area contributed by atoms with Gasteiger partial charge >= 0.3 is 0 Å². The Morgan fingerprint density at radius 3 is 2.36 bits per heavy atom. The normalized spacial score (nSPS) is 28.5. The molecule has 0 radical (unpaired) electrons. The van der Waals surface area contributed by atoms with Crippen molar-refractivity contribution in [3.8, 4) is 5.75 Å². The van der Waals surface area contributed by atoms with Crippen molar-refractivity contribution in [1.82, 2.24) is 5.01 Å². The van der Waals surface area contributed by atoms with Crippen LogP contribution in [0.3, 0.4) is 0 Å². The minimum Gasteiger partial charge on any atom is -0.493 e. The van der Waals surface area contributed by atoms with Gasteiger partial charge in [-0.1, -0.05) is 42.5 Å². The molecule has 0 N–H and O–H groups in total. The molecule has 0 aromatic heterocycles. The summed E-state index contributed by atoms with van der Waals surface area (Å²) < 4.78 is 5.76. The second-order valence-corrected chi connectivity index (χ2v) is 7.71. The molecule has 0 unspecified atom stereocenters. The maximum Gasteiger partial charge on any atom is 0.254 e. The van der Waals surface area contributed by atoms with Gasteiger partial charge in [0.25, 0.3) is 11.8 Å². The van der Waals surface area contributed by atoms with Crippen LogP contribution in [0.2, 0.25) is 0 Å². The Bertz CT molecular complexity index is 994. The molecule has 4 aliphatic rings. The van der Waals surface area contributed by atoms with Gasteiger partial charge in [0.15, 0.2) is 0 Å². The van der Waals surface area contributed by atoms with Crippen molar-refractivity contribution in [2.75, 3.05) is 6.61 Å². The second kappa shape index (κ2) is 6.59. The van der Waals surface area contributed by atoms with Crippen molar-refractivity contribution in [3.63, 3.8) is 0 Å². The summed E-state index contributed by atoms with van der Waals surface area (Å²) in [7, 11) is 0. The molecule has 142 valence electrons. The Hall–Kier alpha value is -2.95. The van der Waals surface area contributed by atoms with Gasteiger partial charge in [0.05, 0.1) is 24.7 Å². The third-order valence-electron chi connectivity index (χ3n) is 6.27. The van der Waals surface area contributed by atoms with Crippen molar-refractivity contribution in [2.24, 2.45) is 28.8 Å². The third kappa shape index (κ3) is 2.49. The molecule has 1 aliphatic heterocycles. The molecule has 5 nitrogen and oxygen atoms in total. The van der Waals surface area contributed by atoms with Crippen molar-refractivity contribution >= 4 is 28.8 Å². The summed E-state index contributed by atoms with van der Waals surface area (Å²) in [6.45, 7) is 2.46. The average molecular weight is 374 g/mol. The fourth-order valence-corrected chi connectivity index (χ4v) is 4.98. The van der Waals surface area contributed by atoms with Crippen molar-refractivity contribution in [3.05, 3.63) is 54.1 Å². The fourth-order valence-electron chi connectivity index (χ4n) is 4.98. The van der Waals surface area contributed by atoms with E-state index in [1.165, 1.54) is 0 Å². The smallest absolute Gasteiger partial charge is 0.254 e. The quantitative estimate of drug-likeness (QED) is 0.465. The summed E-state index contributed by atoms with van der Waals surface area (Å²) in [5.74, 6) is 0.223. The van der Waals surface area contributed by atoms with E-state index in [0.29, 0.717) is 12.4 Å². The number of carbonyl (C=O) groups excluding carboxylic acids is 2. The topological polar surface area (TPSA) is 59.0 Å². The van der Waals surface area contributed by atoms with E-state index in [-0.39, 0.29) is 35.5 Å². The number of rotatable bonds is 4. The van der Waals surface area contributed by atoms with Gasteiger partial charge in [-0.3, -0.25) is 9.59 Å². The molecule has 2 aromatic rings. The molecule has 2 fully saturated rings. The van der Waals surface area contributed by atoms with Crippen LogP contribution < -0.4 is 4.74 Å². The zero-order chi connectivity index (χ0) is 19.3. The molecule has 3 aliphatic carbocycles. The van der Waals surface area contributed by atoms with Crippen LogP contribution >= 0.6 is 0 Å². The number of hydrazone groups is 1. The second-order valence-electron chi connectivity index (χ2n) is 7.71. The molecule has 6 rings (SSSR count). The van der Waals surface area contributed by atoms with Gasteiger partial charge in [-0.2, -0.15) is 10.1 Å². The molecular weight excluding hydrogens is 352 g/mol. The molecule has 1 heterocycles. The lowest BCUT2D eigenvalue weighted by Gasteiger charge is -2.37. The van der Waals surface area contributed by atoms with Gasteiger partial charge in [0, 0.05) is 5.56 Å². The highest BCUT2D eigenvalue weighted by Gasteiger charge is 2.56. The SMILES string of the molecule is CCOc1ccc2ccccc2c1C=NN1C(=O)[C@@H]2[C@@H](C1=O)[C@H]1C=C[C@H]2CC1. The van der Waals surface area contributed by atoms with Gasteiger partial charge < -0.3 is 4.74 Å². The van der Waals surface area contributed by atoms with Crippen LogP contribution in [0.25, 0.3) is 10.8 Å². The zero-order valence-electron chi connectivity index (χ0n) is 15.7. The largest absolute Gasteiger partial charge is 0.493 e. The highest BCUT2D eigenvalue weighted by molar-refractivity contribution is 6.08. The lowest BCUT2D eigenvalue weighted by Crippen LogP contribution is -2.38. The Morgan fingerprint density at radius 1 is 1.04 bits per heavy atom. The van der Waals surface area contributed by atoms with Gasteiger partial charge in [-0.25, -0.2) is 0 Å². The van der Waals surface area contributed by atoms with E-state index in [1.807, 2.05) is 43.3 Å². The number of amides is 2. The van der Waals surface area contributed by atoms with E-state index in [2.05, 4.69) is 17.3 Å². The first-order valence-corrected chi connectivity index (χ1v) is 9.93. The summed E-state index contributed by atoms with van der Waals surface area (Å²) in [6.07, 6.45) is 7.81. The monoisotopic (exact) mass is 374 g/mol. The van der Waals surface area contributed by atoms with Crippen molar-refractivity contribution in [2.45, 2.75) is 19.8 Å². The first-order chi connectivity index (χ1) is 13.7. The maximum absolute atomic E-state index is 13.0. The summed E-state index contributed by atoms with van der Waals surface area (Å²) in [5.41, 5.74) is 0.788. The third-order valence-corrected chi connectivity index (χ3v) is 6.27. The van der Waals surface area contributed by atoms with E-state index in [4.69, 9.17) is 4.74 Å². The molecular formula is C23H22N2O3. The van der Waals surface area contributed by atoms with Gasteiger partial charge in [-0.15, -0.1) is 0 Å². The van der Waals surface area contributed by atoms with Crippen molar-refractivity contribution in [1.29, 1.82) is 0 Å². The van der Waals surface area contributed by atoms with Crippen LogP contribution in [0.4, 0.5) is 0 Å². The number of benzene rings is 2. The average Bonchev–Trinajstić information content (AvgIpc) is 3.00. The Labute approximate surface area is 163 Å². The van der Waals surface area contributed by atoms with E-state index < -0.39 is 0 Å². The number of nitrogens with zero attached hydrogens (tertiary/aromatic N) is 2. The summed E-state index contributed by atoms with van der Waals surface area (Å²) in [5, 5.41) is 7.51. The van der Waals surface area contributed by atoms with Crippen LogP contribution in [0.5, 0.6) is 5.75 Å². The molecule has 4 atom stereocenters. The van der Waals surface area contributed by atoms with Crippen LogP contribution in [0, 0.1) is 23.7 Å². The predicted molar refractivity (Wildman–Crippen MR) is 107 cm³/mol. The Balaban J connectivity index is 1.52. The molecule has 0 spiro atoms. The lowest BCUT2D eigenvalue weighted by molar-refractivity contribution is -0.140. The number of ether oxygens (including phenoxy) is 1. The standard InChI is InChI=1S/C23H22N2O3/c1-2-28-19-12-11-14-5-3-4-6-17(14)18(19)13-24-25-22(26)20-15-7-8-16(10-9-15)21(20)23(25)27/h3-8,11-13,15-16,20-21H,2,9-10H2,1H3/t15-,16-,20-,21-/m0/s1. The van der Waals surface area contributed by atoms with Crippen LogP contribution in [0.1, 0.15) is 25.3 Å². The minimum atomic E-state index is -0.243. The zero-order valence-corrected chi connectivity index (χ0v) is 15.7.